The lowest BCUT2D eigenvalue weighted by Gasteiger charge is -2.28. The first-order valence-electron chi connectivity index (χ1n) is 8.19. The zero-order valence-corrected chi connectivity index (χ0v) is 13.9. The molecule has 4 rings (SSSR count). The Bertz CT molecular complexity index is 1000. The Morgan fingerprint density at radius 2 is 2.20 bits per heavy atom. The number of hydrogen-bond donors (Lipinski definition) is 1. The molecule has 25 heavy (non-hydrogen) atoms. The van der Waals surface area contributed by atoms with Crippen molar-refractivity contribution in [3.05, 3.63) is 69.5 Å². The van der Waals surface area contributed by atoms with Crippen LogP contribution in [0, 0.1) is 5.82 Å². The van der Waals surface area contributed by atoms with Crippen molar-refractivity contribution in [2.45, 2.75) is 19.5 Å². The van der Waals surface area contributed by atoms with Gasteiger partial charge in [0.1, 0.15) is 17.4 Å². The van der Waals surface area contributed by atoms with Crippen LogP contribution in [-0.2, 0) is 19.5 Å². The molecule has 2 aromatic carbocycles. The first-order valence-corrected chi connectivity index (χ1v) is 8.19. The van der Waals surface area contributed by atoms with Crippen LogP contribution in [0.25, 0.3) is 10.9 Å². The summed E-state index contributed by atoms with van der Waals surface area (Å²) in [4.78, 5) is 21.9. The van der Waals surface area contributed by atoms with Gasteiger partial charge >= 0.3 is 0 Å². The number of hydrogen-bond acceptors (Lipinski definition) is 4. The number of aromatic amines is 1. The average molecular weight is 339 g/mol. The van der Waals surface area contributed by atoms with E-state index in [0.29, 0.717) is 42.0 Å². The molecule has 0 spiro atoms. The number of fused-ring (bicyclic) bond motifs is 2. The summed E-state index contributed by atoms with van der Waals surface area (Å²) < 4.78 is 19.0. The second kappa shape index (κ2) is 6.29. The number of benzene rings is 2. The number of ether oxygens (including phenoxy) is 1. The van der Waals surface area contributed by atoms with Crippen molar-refractivity contribution in [2.24, 2.45) is 0 Å². The first kappa shape index (κ1) is 15.8. The molecule has 0 saturated carbocycles. The van der Waals surface area contributed by atoms with Crippen LogP contribution >= 0.6 is 0 Å². The summed E-state index contributed by atoms with van der Waals surface area (Å²) >= 11 is 0. The summed E-state index contributed by atoms with van der Waals surface area (Å²) in [7, 11) is 1.56. The minimum atomic E-state index is -0.178. The van der Waals surface area contributed by atoms with E-state index in [2.05, 4.69) is 14.9 Å². The maximum Gasteiger partial charge on any atom is 0.258 e. The van der Waals surface area contributed by atoms with Crippen LogP contribution in [0.3, 0.4) is 0 Å². The largest absolute Gasteiger partial charge is 0.497 e. The lowest BCUT2D eigenvalue weighted by atomic mass is 9.99. The molecule has 5 nitrogen and oxygen atoms in total. The smallest absolute Gasteiger partial charge is 0.258 e. The van der Waals surface area contributed by atoms with Crippen molar-refractivity contribution in [3.8, 4) is 5.75 Å². The number of nitrogens with zero attached hydrogens (tertiary/aromatic N) is 2. The molecule has 1 aromatic heterocycles. The van der Waals surface area contributed by atoms with Crippen LogP contribution in [0.5, 0.6) is 5.75 Å². The predicted octanol–water partition coefficient (Wildman–Crippen LogP) is 2.63. The Hall–Kier alpha value is -2.73. The molecule has 0 radical (unpaired) electrons. The van der Waals surface area contributed by atoms with Crippen molar-refractivity contribution in [3.63, 3.8) is 0 Å². The maximum absolute atomic E-state index is 13.8. The van der Waals surface area contributed by atoms with Crippen LogP contribution in [-0.4, -0.2) is 28.5 Å². The third kappa shape index (κ3) is 3.00. The van der Waals surface area contributed by atoms with Gasteiger partial charge in [0.2, 0.25) is 0 Å². The van der Waals surface area contributed by atoms with E-state index in [1.807, 2.05) is 6.07 Å². The fourth-order valence-corrected chi connectivity index (χ4v) is 3.34. The number of halogens is 1. The third-order valence-electron chi connectivity index (χ3n) is 4.62. The monoisotopic (exact) mass is 339 g/mol. The SMILES string of the molecule is COc1ccc2nc(CN3CCc4c(F)cccc4C3)[nH]c(=O)c2c1. The Labute approximate surface area is 144 Å². The van der Waals surface area contributed by atoms with Crippen LogP contribution in [0.15, 0.2) is 41.2 Å². The zero-order chi connectivity index (χ0) is 17.4. The van der Waals surface area contributed by atoms with E-state index in [4.69, 9.17) is 4.74 Å². The molecule has 0 aliphatic carbocycles. The molecule has 0 unspecified atom stereocenters. The highest BCUT2D eigenvalue weighted by molar-refractivity contribution is 5.79. The standard InChI is InChI=1S/C19H18FN3O2/c1-25-13-5-6-17-15(9-13)19(24)22-18(21-17)11-23-8-7-14-12(10-23)3-2-4-16(14)20/h2-6,9H,7-8,10-11H2,1H3,(H,21,22,24). The zero-order valence-electron chi connectivity index (χ0n) is 13.9. The van der Waals surface area contributed by atoms with Crippen molar-refractivity contribution >= 4 is 10.9 Å². The van der Waals surface area contributed by atoms with Gasteiger partial charge < -0.3 is 9.72 Å². The van der Waals surface area contributed by atoms with Gasteiger partial charge in [-0.2, -0.15) is 0 Å². The molecule has 1 aliphatic heterocycles. The second-order valence-corrected chi connectivity index (χ2v) is 6.23. The number of rotatable bonds is 3. The highest BCUT2D eigenvalue weighted by Crippen LogP contribution is 2.22. The molecule has 128 valence electrons. The number of nitrogens with one attached hydrogen (secondary N) is 1. The quantitative estimate of drug-likeness (QED) is 0.797. The molecule has 1 N–H and O–H groups in total. The molecule has 0 amide bonds. The summed E-state index contributed by atoms with van der Waals surface area (Å²) in [5, 5.41) is 0.508. The van der Waals surface area contributed by atoms with Gasteiger partial charge in [-0.05, 0) is 41.8 Å². The first-order chi connectivity index (χ1) is 12.1. The van der Waals surface area contributed by atoms with E-state index in [0.717, 1.165) is 17.7 Å². The lowest BCUT2D eigenvalue weighted by molar-refractivity contribution is 0.237. The normalized spacial score (nSPS) is 14.5. The van der Waals surface area contributed by atoms with E-state index in [-0.39, 0.29) is 11.4 Å². The topological polar surface area (TPSA) is 58.2 Å². The maximum atomic E-state index is 13.8. The Morgan fingerprint density at radius 3 is 3.04 bits per heavy atom. The summed E-state index contributed by atoms with van der Waals surface area (Å²) in [6.45, 7) is 1.91. The van der Waals surface area contributed by atoms with Gasteiger partial charge in [0.25, 0.3) is 5.56 Å². The van der Waals surface area contributed by atoms with Gasteiger partial charge in [0.05, 0.1) is 24.6 Å². The van der Waals surface area contributed by atoms with E-state index >= 15 is 0 Å². The Morgan fingerprint density at radius 1 is 1.32 bits per heavy atom. The van der Waals surface area contributed by atoms with Crippen molar-refractivity contribution in [1.82, 2.24) is 14.9 Å². The van der Waals surface area contributed by atoms with Crippen LogP contribution < -0.4 is 10.3 Å². The summed E-state index contributed by atoms with van der Waals surface area (Å²) in [5.41, 5.74) is 2.26. The summed E-state index contributed by atoms with van der Waals surface area (Å²) in [5.74, 6) is 1.10. The average Bonchev–Trinajstić information content (AvgIpc) is 2.62. The fraction of sp³-hybridized carbons (Fsp3) is 0.263. The van der Waals surface area contributed by atoms with Crippen molar-refractivity contribution in [2.75, 3.05) is 13.7 Å². The van der Waals surface area contributed by atoms with Gasteiger partial charge in [-0.1, -0.05) is 12.1 Å². The third-order valence-corrected chi connectivity index (χ3v) is 4.62. The van der Waals surface area contributed by atoms with Gasteiger partial charge in [-0.3, -0.25) is 9.69 Å². The molecule has 0 atom stereocenters. The van der Waals surface area contributed by atoms with E-state index in [1.165, 1.54) is 6.07 Å². The van der Waals surface area contributed by atoms with Gasteiger partial charge in [-0.25, -0.2) is 9.37 Å². The second-order valence-electron chi connectivity index (χ2n) is 6.23. The molecule has 3 aromatic rings. The van der Waals surface area contributed by atoms with E-state index in [9.17, 15) is 9.18 Å². The summed E-state index contributed by atoms with van der Waals surface area (Å²) in [6, 6.07) is 10.5. The number of methoxy groups -OCH3 is 1. The molecular weight excluding hydrogens is 321 g/mol. The lowest BCUT2D eigenvalue weighted by Crippen LogP contribution is -2.32. The van der Waals surface area contributed by atoms with Crippen LogP contribution in [0.4, 0.5) is 4.39 Å². The van der Waals surface area contributed by atoms with E-state index in [1.54, 1.807) is 31.4 Å². The highest BCUT2D eigenvalue weighted by Gasteiger charge is 2.19. The molecular formula is C19H18FN3O2. The predicted molar refractivity (Wildman–Crippen MR) is 93.1 cm³/mol. The molecule has 2 heterocycles. The number of aromatic nitrogens is 2. The highest BCUT2D eigenvalue weighted by atomic mass is 19.1. The minimum absolute atomic E-state index is 0.136. The molecule has 0 fully saturated rings. The molecule has 0 saturated heterocycles. The van der Waals surface area contributed by atoms with E-state index < -0.39 is 0 Å². The Kier molecular flexibility index (Phi) is 3.97. The Balaban J connectivity index is 1.60. The van der Waals surface area contributed by atoms with Crippen molar-refractivity contribution in [1.29, 1.82) is 0 Å². The van der Waals surface area contributed by atoms with Crippen LogP contribution in [0.1, 0.15) is 17.0 Å². The van der Waals surface area contributed by atoms with Crippen molar-refractivity contribution < 1.29 is 9.13 Å². The molecule has 6 heteroatoms. The van der Waals surface area contributed by atoms with Gasteiger partial charge in [0.15, 0.2) is 0 Å². The summed E-state index contributed by atoms with van der Waals surface area (Å²) in [6.07, 6.45) is 0.664. The molecule has 0 bridgehead atoms. The van der Waals surface area contributed by atoms with Crippen LogP contribution in [0.2, 0.25) is 0 Å². The fourth-order valence-electron chi connectivity index (χ4n) is 3.34. The van der Waals surface area contributed by atoms with Gasteiger partial charge in [-0.15, -0.1) is 0 Å². The van der Waals surface area contributed by atoms with Gasteiger partial charge in [0, 0.05) is 13.1 Å². The minimum Gasteiger partial charge on any atom is -0.497 e. The molecule has 1 aliphatic rings. The number of H-pyrrole nitrogens is 1.